The van der Waals surface area contributed by atoms with Crippen LogP contribution in [0.3, 0.4) is 0 Å². The molecule has 0 unspecified atom stereocenters. The van der Waals surface area contributed by atoms with Crippen molar-refractivity contribution in [2.24, 2.45) is 0 Å². The number of anilines is 6. The predicted molar refractivity (Wildman–Crippen MR) is 253 cm³/mol. The van der Waals surface area contributed by atoms with Crippen molar-refractivity contribution in [3.05, 3.63) is 200 Å². The third-order valence-corrected chi connectivity index (χ3v) is 14.4. The van der Waals surface area contributed by atoms with Crippen LogP contribution >= 0.6 is 23.5 Å². The maximum absolute atomic E-state index is 7.02. The van der Waals surface area contributed by atoms with Gasteiger partial charge in [0.05, 0.1) is 22.7 Å². The highest BCUT2D eigenvalue weighted by atomic mass is 32.2. The minimum absolute atomic E-state index is 0.0603. The molecule has 286 valence electrons. The first-order valence-electron chi connectivity index (χ1n) is 20.5. The highest BCUT2D eigenvalue weighted by molar-refractivity contribution is 8.00. The lowest BCUT2D eigenvalue weighted by atomic mass is 9.34. The normalized spacial score (nSPS) is 13.6. The zero-order valence-electron chi connectivity index (χ0n) is 32.7. The van der Waals surface area contributed by atoms with Gasteiger partial charge >= 0.3 is 0 Å². The molecule has 4 nitrogen and oxygen atoms in total. The van der Waals surface area contributed by atoms with Crippen molar-refractivity contribution in [2.45, 2.75) is 19.6 Å². The fourth-order valence-corrected chi connectivity index (χ4v) is 11.6. The molecule has 13 rings (SSSR count). The molecule has 0 fully saturated rings. The van der Waals surface area contributed by atoms with Crippen LogP contribution in [0.2, 0.25) is 0 Å². The van der Waals surface area contributed by atoms with E-state index in [2.05, 4.69) is 210 Å². The molecule has 0 saturated heterocycles. The predicted octanol–water partition coefficient (Wildman–Crippen LogP) is 13.6. The van der Waals surface area contributed by atoms with E-state index in [1.165, 1.54) is 42.3 Å². The lowest BCUT2D eigenvalue weighted by molar-refractivity contribution is 0.467. The fourth-order valence-electron chi connectivity index (χ4n) is 9.45. The van der Waals surface area contributed by atoms with E-state index >= 15 is 0 Å². The summed E-state index contributed by atoms with van der Waals surface area (Å²) in [6.07, 6.45) is 0. The molecule has 0 atom stereocenters. The summed E-state index contributed by atoms with van der Waals surface area (Å²) in [5, 5.41) is 0. The van der Waals surface area contributed by atoms with Crippen LogP contribution in [0.1, 0.15) is 0 Å². The quantitative estimate of drug-likeness (QED) is 0.164. The number of rotatable bonds is 4. The number of hydrogen-bond donors (Lipinski definition) is 0. The molecule has 4 aliphatic heterocycles. The van der Waals surface area contributed by atoms with Gasteiger partial charge in [0.2, 0.25) is 0 Å². The van der Waals surface area contributed by atoms with Crippen LogP contribution in [0, 0.1) is 0 Å². The fraction of sp³-hybridized carbons (Fsp3) is 0. The van der Waals surface area contributed by atoms with Crippen LogP contribution in [0.25, 0.3) is 22.3 Å². The van der Waals surface area contributed by atoms with E-state index in [0.29, 0.717) is 0 Å². The van der Waals surface area contributed by atoms with Crippen molar-refractivity contribution in [3.8, 4) is 45.3 Å². The topological polar surface area (TPSA) is 24.9 Å². The Morgan fingerprint density at radius 1 is 0.361 bits per heavy atom. The summed E-state index contributed by atoms with van der Waals surface area (Å²) in [5.74, 6) is 3.42. The Kier molecular flexibility index (Phi) is 7.84. The number of benzene rings is 9. The Balaban J connectivity index is 0.983. The van der Waals surface area contributed by atoms with E-state index in [4.69, 9.17) is 9.47 Å². The molecule has 0 aliphatic carbocycles. The molecule has 0 bridgehead atoms. The van der Waals surface area contributed by atoms with Crippen LogP contribution in [0.4, 0.5) is 34.1 Å². The third kappa shape index (κ3) is 5.44. The molecular weight excluding hydrogens is 784 g/mol. The largest absolute Gasteiger partial charge is 0.458 e. The highest BCUT2D eigenvalue weighted by Gasteiger charge is 2.42. The van der Waals surface area contributed by atoms with Gasteiger partial charge in [-0.25, -0.2) is 0 Å². The summed E-state index contributed by atoms with van der Waals surface area (Å²) in [6, 6.07) is 71.8. The van der Waals surface area contributed by atoms with Crippen molar-refractivity contribution >= 4 is 80.7 Å². The Hall–Kier alpha value is -7.06. The van der Waals surface area contributed by atoms with Gasteiger partial charge in [-0.3, -0.25) is 0 Å². The Bertz CT molecular complexity index is 2940. The second-order valence-electron chi connectivity index (χ2n) is 15.6. The number of hydrogen-bond acceptors (Lipinski definition) is 6. The maximum atomic E-state index is 7.02. The van der Waals surface area contributed by atoms with E-state index in [1.54, 1.807) is 0 Å². The molecule has 0 radical (unpaired) electrons. The van der Waals surface area contributed by atoms with Gasteiger partial charge in [0.15, 0.2) is 0 Å². The zero-order chi connectivity index (χ0) is 40.0. The molecule has 4 aliphatic rings. The molecule has 7 heteroatoms. The molecule has 9 aromatic rings. The van der Waals surface area contributed by atoms with Crippen LogP contribution in [0.5, 0.6) is 23.0 Å². The van der Waals surface area contributed by atoms with Gasteiger partial charge in [-0.15, -0.1) is 0 Å². The second kappa shape index (κ2) is 13.7. The summed E-state index contributed by atoms with van der Waals surface area (Å²) in [4.78, 5) is 9.72. The number of ether oxygens (including phenoxy) is 2. The Morgan fingerprint density at radius 2 is 0.705 bits per heavy atom. The summed E-state index contributed by atoms with van der Waals surface area (Å²) in [5.41, 5.74) is 14.5. The van der Waals surface area contributed by atoms with Gasteiger partial charge in [-0.05, 0) is 113 Å². The van der Waals surface area contributed by atoms with E-state index in [9.17, 15) is 0 Å². The summed E-state index contributed by atoms with van der Waals surface area (Å²) in [7, 11) is 0. The SMILES string of the molecule is c1ccc2c(c1)Oc1c(-c3ccc(N4c5ccccc5Sc5ccccc54)cc3)cc(-c3ccc(N4c5ccccc5Sc5ccccc54)cc3)c3c1B2c1ccccc1O3. The minimum Gasteiger partial charge on any atom is -0.458 e. The van der Waals surface area contributed by atoms with Crippen molar-refractivity contribution < 1.29 is 9.47 Å². The monoisotopic (exact) mass is 816 g/mol. The third-order valence-electron chi connectivity index (χ3n) is 12.2. The zero-order valence-corrected chi connectivity index (χ0v) is 34.3. The standard InChI is InChI=1S/C54H33BN2O2S2/c1-7-19-46-40(13-1)55-41-14-2-8-20-47(41)59-54-39(35-27-31-37(32-28-35)57-44-17-5-11-23-50(44)61-51-24-12-6-18-45(51)57)33-38(53(58-46)52(54)55)34-25-29-36(30-26-34)56-42-15-3-9-21-48(42)60-49-22-10-4-16-43(49)56/h1-33H. The van der Waals surface area contributed by atoms with Gasteiger partial charge in [-0.2, -0.15) is 0 Å². The molecule has 0 amide bonds. The van der Waals surface area contributed by atoms with Gasteiger partial charge in [0.25, 0.3) is 6.71 Å². The number of nitrogens with zero attached hydrogens (tertiary/aromatic N) is 2. The number of para-hydroxylation sites is 6. The van der Waals surface area contributed by atoms with Crippen molar-refractivity contribution in [1.82, 2.24) is 0 Å². The molecule has 0 aromatic heterocycles. The Morgan fingerprint density at radius 3 is 1.10 bits per heavy atom. The van der Waals surface area contributed by atoms with Gasteiger partial charge in [0, 0.05) is 47.5 Å². The maximum Gasteiger partial charge on any atom is 0.260 e. The first-order valence-corrected chi connectivity index (χ1v) is 22.2. The molecule has 9 aromatic carbocycles. The van der Waals surface area contributed by atoms with Crippen molar-refractivity contribution in [1.29, 1.82) is 0 Å². The van der Waals surface area contributed by atoms with E-state index in [-0.39, 0.29) is 6.71 Å². The average molecular weight is 817 g/mol. The van der Waals surface area contributed by atoms with Crippen LogP contribution in [0.15, 0.2) is 220 Å². The van der Waals surface area contributed by atoms with Crippen molar-refractivity contribution in [2.75, 3.05) is 9.80 Å². The minimum atomic E-state index is -0.0603. The molecular formula is C54H33BN2O2S2. The summed E-state index contributed by atoms with van der Waals surface area (Å²) < 4.78 is 14.0. The summed E-state index contributed by atoms with van der Waals surface area (Å²) >= 11 is 3.65. The Labute approximate surface area is 363 Å². The van der Waals surface area contributed by atoms with Gasteiger partial charge in [-0.1, -0.05) is 133 Å². The van der Waals surface area contributed by atoms with E-state index in [0.717, 1.165) is 73.0 Å². The smallest absolute Gasteiger partial charge is 0.260 e. The molecule has 0 saturated carbocycles. The first-order chi connectivity index (χ1) is 30.2. The first kappa shape index (κ1) is 34.8. The lowest BCUT2D eigenvalue weighted by Gasteiger charge is -2.35. The molecule has 0 N–H and O–H groups in total. The second-order valence-corrected chi connectivity index (χ2v) is 17.8. The summed E-state index contributed by atoms with van der Waals surface area (Å²) in [6.45, 7) is -0.0603. The van der Waals surface area contributed by atoms with Crippen LogP contribution < -0.4 is 35.7 Å². The van der Waals surface area contributed by atoms with Gasteiger partial charge < -0.3 is 19.3 Å². The highest BCUT2D eigenvalue weighted by Crippen LogP contribution is 2.54. The average Bonchev–Trinajstić information content (AvgIpc) is 3.32. The van der Waals surface area contributed by atoms with Gasteiger partial charge in [0.1, 0.15) is 23.0 Å². The number of fused-ring (bicyclic) bond motifs is 8. The van der Waals surface area contributed by atoms with Crippen molar-refractivity contribution in [3.63, 3.8) is 0 Å². The van der Waals surface area contributed by atoms with Crippen LogP contribution in [-0.4, -0.2) is 6.71 Å². The van der Waals surface area contributed by atoms with E-state index in [1.807, 2.05) is 23.5 Å². The van der Waals surface area contributed by atoms with Crippen LogP contribution in [-0.2, 0) is 0 Å². The lowest BCUT2D eigenvalue weighted by Crippen LogP contribution is -2.57. The molecule has 0 spiro atoms. The molecule has 61 heavy (non-hydrogen) atoms. The van der Waals surface area contributed by atoms with E-state index < -0.39 is 0 Å². The molecule has 4 heterocycles.